The van der Waals surface area contributed by atoms with E-state index in [9.17, 15) is 14.4 Å². The highest BCUT2D eigenvalue weighted by molar-refractivity contribution is 5.92. The van der Waals surface area contributed by atoms with E-state index in [4.69, 9.17) is 11.0 Å². The van der Waals surface area contributed by atoms with Crippen molar-refractivity contribution in [3.05, 3.63) is 68.5 Å². The number of nitriles is 1. The van der Waals surface area contributed by atoms with E-state index in [1.165, 1.54) is 33.5 Å². The van der Waals surface area contributed by atoms with Crippen molar-refractivity contribution in [1.29, 1.82) is 5.26 Å². The molecule has 7 heteroatoms. The van der Waals surface area contributed by atoms with Crippen molar-refractivity contribution in [2.24, 2.45) is 19.8 Å². The summed E-state index contributed by atoms with van der Waals surface area (Å²) in [5, 5.41) is 8.35. The molecule has 0 saturated heterocycles. The van der Waals surface area contributed by atoms with Gasteiger partial charge in [-0.3, -0.25) is 14.4 Å². The molecular weight excluding hydrogens is 272 g/mol. The molecule has 0 aromatic carbocycles. The third kappa shape index (κ3) is 4.47. The summed E-state index contributed by atoms with van der Waals surface area (Å²) in [6, 6.07) is 7.50. The zero-order valence-electron chi connectivity index (χ0n) is 11.6. The number of nitrogens with two attached hydrogens (primary N) is 1. The first-order valence-corrected chi connectivity index (χ1v) is 5.88. The van der Waals surface area contributed by atoms with Crippen molar-refractivity contribution in [3.63, 3.8) is 0 Å². The molecule has 2 heterocycles. The molecule has 0 aliphatic rings. The first-order chi connectivity index (χ1) is 9.85. The molecule has 0 atom stereocenters. The van der Waals surface area contributed by atoms with Crippen LogP contribution in [-0.2, 0) is 14.1 Å². The molecule has 0 radical (unpaired) electrons. The van der Waals surface area contributed by atoms with Gasteiger partial charge in [-0.2, -0.15) is 5.26 Å². The number of hydrogen-bond acceptors (Lipinski definition) is 4. The number of carbonyl (C=O) groups excluding carboxylic acids is 1. The highest BCUT2D eigenvalue weighted by Crippen LogP contribution is 1.90. The van der Waals surface area contributed by atoms with Crippen molar-refractivity contribution in [1.82, 2.24) is 9.13 Å². The number of amides is 1. The molecule has 1 amide bonds. The van der Waals surface area contributed by atoms with E-state index < -0.39 is 5.91 Å². The maximum Gasteiger partial charge on any atom is 0.251 e. The molecule has 0 aliphatic heterocycles. The van der Waals surface area contributed by atoms with Crippen LogP contribution in [0.4, 0.5) is 0 Å². The van der Waals surface area contributed by atoms with Crippen LogP contribution in [0, 0.1) is 11.3 Å². The number of hydrogen-bond donors (Lipinski definition) is 1. The molecule has 7 nitrogen and oxygen atoms in total. The minimum absolute atomic E-state index is 0.154. The molecule has 2 aromatic rings. The third-order valence-electron chi connectivity index (χ3n) is 2.62. The van der Waals surface area contributed by atoms with Crippen LogP contribution in [0.15, 0.2) is 46.2 Å². The van der Waals surface area contributed by atoms with E-state index in [0.29, 0.717) is 5.56 Å². The second-order valence-electron chi connectivity index (χ2n) is 4.21. The summed E-state index contributed by atoms with van der Waals surface area (Å²) in [7, 11) is 3.25. The van der Waals surface area contributed by atoms with Gasteiger partial charge in [0.25, 0.3) is 11.1 Å². The summed E-state index contributed by atoms with van der Waals surface area (Å²) in [6.07, 6.45) is 3.07. The lowest BCUT2D eigenvalue weighted by atomic mass is 10.2. The smallest absolute Gasteiger partial charge is 0.251 e. The standard InChI is InChI=1S/C7H8N2O2.C7H6N2O/c1-9-3-2-5(7(8)11)4-6(9)10;1-9-3-2-6(5-8)4-7(9)10/h2-4H,1H3,(H2,8,11);2-4H,1H3. The maximum atomic E-state index is 10.9. The summed E-state index contributed by atoms with van der Waals surface area (Å²) >= 11 is 0. The average Bonchev–Trinajstić information content (AvgIpc) is 2.45. The molecule has 0 spiro atoms. The Morgan fingerprint density at radius 2 is 1.62 bits per heavy atom. The largest absolute Gasteiger partial charge is 0.366 e. The van der Waals surface area contributed by atoms with E-state index in [2.05, 4.69) is 0 Å². The van der Waals surface area contributed by atoms with Crippen LogP contribution in [-0.4, -0.2) is 15.0 Å². The van der Waals surface area contributed by atoms with Gasteiger partial charge in [0, 0.05) is 44.2 Å². The Labute approximate surface area is 120 Å². The Hall–Kier alpha value is -3.14. The Balaban J connectivity index is 0.000000211. The molecule has 108 valence electrons. The summed E-state index contributed by atoms with van der Waals surface area (Å²) < 4.78 is 2.78. The molecule has 2 aromatic heterocycles. The SMILES string of the molecule is Cn1ccc(C#N)cc1=O.Cn1ccc(C(N)=O)cc1=O. The molecule has 0 aliphatic carbocycles. The number of primary amides is 1. The van der Waals surface area contributed by atoms with E-state index in [1.807, 2.05) is 6.07 Å². The highest BCUT2D eigenvalue weighted by Gasteiger charge is 1.99. The number of nitrogens with zero attached hydrogens (tertiary/aromatic N) is 3. The van der Waals surface area contributed by atoms with Crippen LogP contribution < -0.4 is 16.9 Å². The molecule has 0 unspecified atom stereocenters. The van der Waals surface area contributed by atoms with Crippen LogP contribution in [0.25, 0.3) is 0 Å². The van der Waals surface area contributed by atoms with E-state index in [1.54, 1.807) is 26.4 Å². The fraction of sp³-hybridized carbons (Fsp3) is 0.143. The van der Waals surface area contributed by atoms with Crippen molar-refractivity contribution in [3.8, 4) is 6.07 Å². The second-order valence-corrected chi connectivity index (χ2v) is 4.21. The van der Waals surface area contributed by atoms with Crippen molar-refractivity contribution in [2.75, 3.05) is 0 Å². The van der Waals surface area contributed by atoms with Crippen molar-refractivity contribution < 1.29 is 4.79 Å². The van der Waals surface area contributed by atoms with Gasteiger partial charge in [-0.15, -0.1) is 0 Å². The van der Waals surface area contributed by atoms with Crippen LogP contribution in [0.3, 0.4) is 0 Å². The Morgan fingerprint density at radius 1 is 1.10 bits per heavy atom. The lowest BCUT2D eigenvalue weighted by Crippen LogP contribution is -2.19. The predicted molar refractivity (Wildman–Crippen MR) is 76.6 cm³/mol. The lowest BCUT2D eigenvalue weighted by Gasteiger charge is -1.96. The second kappa shape index (κ2) is 6.86. The van der Waals surface area contributed by atoms with Crippen LogP contribution >= 0.6 is 0 Å². The Kier molecular flexibility index (Phi) is 5.20. The van der Waals surface area contributed by atoms with Crippen LogP contribution in [0.2, 0.25) is 0 Å². The maximum absolute atomic E-state index is 10.9. The van der Waals surface area contributed by atoms with Crippen molar-refractivity contribution >= 4 is 5.91 Å². The molecular formula is C14H14N4O3. The van der Waals surface area contributed by atoms with E-state index in [0.717, 1.165) is 0 Å². The highest BCUT2D eigenvalue weighted by atomic mass is 16.1. The minimum Gasteiger partial charge on any atom is -0.366 e. The minimum atomic E-state index is -0.581. The molecule has 2 rings (SSSR count). The van der Waals surface area contributed by atoms with Gasteiger partial charge in [0.05, 0.1) is 11.6 Å². The zero-order valence-corrected chi connectivity index (χ0v) is 11.6. The van der Waals surface area contributed by atoms with Gasteiger partial charge in [0.2, 0.25) is 5.91 Å². The van der Waals surface area contributed by atoms with Gasteiger partial charge >= 0.3 is 0 Å². The number of aromatic nitrogens is 2. The fourth-order valence-electron chi connectivity index (χ4n) is 1.32. The summed E-state index contributed by atoms with van der Waals surface area (Å²) in [5.41, 5.74) is 5.21. The quantitative estimate of drug-likeness (QED) is 0.778. The Bertz CT molecular complexity index is 812. The van der Waals surface area contributed by atoms with Crippen molar-refractivity contribution in [2.45, 2.75) is 0 Å². The monoisotopic (exact) mass is 286 g/mol. The van der Waals surface area contributed by atoms with E-state index >= 15 is 0 Å². The van der Waals surface area contributed by atoms with Gasteiger partial charge in [0.1, 0.15) is 0 Å². The Morgan fingerprint density at radius 3 is 2.05 bits per heavy atom. The zero-order chi connectivity index (χ0) is 16.0. The predicted octanol–water partition coefficient (Wildman–Crippen LogP) is -0.259. The normalized spacial score (nSPS) is 9.19. The number of pyridine rings is 2. The van der Waals surface area contributed by atoms with Gasteiger partial charge in [-0.25, -0.2) is 0 Å². The van der Waals surface area contributed by atoms with Gasteiger partial charge in [0.15, 0.2) is 0 Å². The van der Waals surface area contributed by atoms with Gasteiger partial charge in [-0.1, -0.05) is 0 Å². The number of carbonyl (C=O) groups is 1. The first-order valence-electron chi connectivity index (χ1n) is 5.88. The third-order valence-corrected chi connectivity index (χ3v) is 2.62. The molecule has 0 fully saturated rings. The van der Waals surface area contributed by atoms with Crippen LogP contribution in [0.1, 0.15) is 15.9 Å². The molecule has 0 bridgehead atoms. The molecule has 0 saturated carbocycles. The summed E-state index contributed by atoms with van der Waals surface area (Å²) in [4.78, 5) is 32.2. The topological polar surface area (TPSA) is 111 Å². The summed E-state index contributed by atoms with van der Waals surface area (Å²) in [5.74, 6) is -0.581. The lowest BCUT2D eigenvalue weighted by molar-refractivity contribution is 0.1000. The molecule has 2 N–H and O–H groups in total. The average molecular weight is 286 g/mol. The van der Waals surface area contributed by atoms with Gasteiger partial charge < -0.3 is 14.9 Å². The summed E-state index contributed by atoms with van der Waals surface area (Å²) in [6.45, 7) is 0. The van der Waals surface area contributed by atoms with Crippen LogP contribution in [0.5, 0.6) is 0 Å². The number of rotatable bonds is 1. The number of aryl methyl sites for hydroxylation is 2. The van der Waals surface area contributed by atoms with E-state index in [-0.39, 0.29) is 16.7 Å². The molecule has 21 heavy (non-hydrogen) atoms. The fourth-order valence-corrected chi connectivity index (χ4v) is 1.32. The van der Waals surface area contributed by atoms with Gasteiger partial charge in [-0.05, 0) is 12.1 Å². The first kappa shape index (κ1) is 15.9.